The Labute approximate surface area is 75.3 Å². The summed E-state index contributed by atoms with van der Waals surface area (Å²) in [5.41, 5.74) is 0.142. The Kier molecular flexibility index (Phi) is 2.76. The van der Waals surface area contributed by atoms with Crippen molar-refractivity contribution in [2.75, 3.05) is 7.11 Å². The molecule has 0 aliphatic heterocycles. The van der Waals surface area contributed by atoms with E-state index in [1.54, 1.807) is 0 Å². The number of alkyl halides is 1. The predicted octanol–water partition coefficient (Wildman–Crippen LogP) is 1.54. The van der Waals surface area contributed by atoms with Gasteiger partial charge in [0.1, 0.15) is 5.76 Å². The molecule has 1 rings (SSSR count). The van der Waals surface area contributed by atoms with E-state index in [1.165, 1.54) is 19.3 Å². The zero-order valence-electron chi connectivity index (χ0n) is 6.58. The summed E-state index contributed by atoms with van der Waals surface area (Å²) in [6.07, 6.45) is 3.53. The number of carbonyl (C=O) groups excluding carboxylic acids is 1. The van der Waals surface area contributed by atoms with Crippen LogP contribution in [0.25, 0.3) is 0 Å². The summed E-state index contributed by atoms with van der Waals surface area (Å²) in [5, 5.41) is 8.98. The van der Waals surface area contributed by atoms with Crippen molar-refractivity contribution in [3.63, 3.8) is 0 Å². The molecule has 1 atom stereocenters. The Morgan fingerprint density at radius 1 is 1.83 bits per heavy atom. The van der Waals surface area contributed by atoms with E-state index in [9.17, 15) is 9.90 Å². The van der Waals surface area contributed by atoms with Gasteiger partial charge in [0.05, 0.1) is 18.1 Å². The highest BCUT2D eigenvalue weighted by Crippen LogP contribution is 2.20. The Morgan fingerprint density at radius 2 is 2.50 bits per heavy atom. The lowest BCUT2D eigenvalue weighted by molar-refractivity contribution is -0.136. The third kappa shape index (κ3) is 1.80. The van der Waals surface area contributed by atoms with Gasteiger partial charge in [-0.25, -0.2) is 4.79 Å². The highest BCUT2D eigenvalue weighted by molar-refractivity contribution is 6.22. The van der Waals surface area contributed by atoms with Gasteiger partial charge in [-0.05, 0) is 18.6 Å². The van der Waals surface area contributed by atoms with E-state index in [0.717, 1.165) is 0 Å². The van der Waals surface area contributed by atoms with Gasteiger partial charge in [0.15, 0.2) is 0 Å². The normalized spacial score (nSPS) is 22.7. The third-order valence-corrected chi connectivity index (χ3v) is 1.87. The van der Waals surface area contributed by atoms with Crippen LogP contribution in [0, 0.1) is 0 Å². The lowest BCUT2D eigenvalue weighted by Crippen LogP contribution is -2.13. The summed E-state index contributed by atoms with van der Waals surface area (Å²) >= 11 is 5.74. The lowest BCUT2D eigenvalue weighted by Gasteiger charge is -2.11. The molecule has 4 heteroatoms. The Morgan fingerprint density at radius 3 is 3.08 bits per heavy atom. The van der Waals surface area contributed by atoms with Crippen LogP contribution in [-0.2, 0) is 9.53 Å². The van der Waals surface area contributed by atoms with Gasteiger partial charge in [-0.3, -0.25) is 0 Å². The first kappa shape index (κ1) is 9.13. The minimum absolute atomic E-state index is 0.0567. The van der Waals surface area contributed by atoms with Gasteiger partial charge >= 0.3 is 5.97 Å². The minimum Gasteiger partial charge on any atom is -0.507 e. The molecule has 0 saturated heterocycles. The molecule has 0 aromatic heterocycles. The molecule has 1 unspecified atom stereocenters. The van der Waals surface area contributed by atoms with E-state index < -0.39 is 5.97 Å². The number of allylic oxidation sites excluding steroid dienone is 2. The van der Waals surface area contributed by atoms with E-state index in [-0.39, 0.29) is 16.7 Å². The molecule has 0 radical (unpaired) electrons. The maximum atomic E-state index is 11.0. The average Bonchev–Trinajstić information content (AvgIpc) is 2.08. The molecule has 0 saturated carbocycles. The summed E-state index contributed by atoms with van der Waals surface area (Å²) in [6.45, 7) is 0. The molecule has 0 aromatic carbocycles. The molecule has 0 aromatic rings. The van der Waals surface area contributed by atoms with Crippen LogP contribution in [0.15, 0.2) is 23.5 Å². The molecule has 0 fully saturated rings. The highest BCUT2D eigenvalue weighted by Gasteiger charge is 2.19. The summed E-state index contributed by atoms with van der Waals surface area (Å²) in [5.74, 6) is -0.618. The fraction of sp³-hybridized carbons (Fsp3) is 0.375. The summed E-state index contributed by atoms with van der Waals surface area (Å²) in [4.78, 5) is 11.0. The molecule has 3 nitrogen and oxygen atoms in total. The summed E-state index contributed by atoms with van der Waals surface area (Å²) < 4.78 is 4.44. The van der Waals surface area contributed by atoms with Gasteiger partial charge < -0.3 is 9.84 Å². The molecule has 1 aliphatic carbocycles. The minimum atomic E-state index is -0.561. The number of rotatable bonds is 1. The Balaban J connectivity index is 2.86. The zero-order valence-corrected chi connectivity index (χ0v) is 7.34. The molecular formula is C8H9ClO3. The van der Waals surface area contributed by atoms with Crippen LogP contribution in [0.1, 0.15) is 6.42 Å². The first-order valence-corrected chi connectivity index (χ1v) is 3.92. The van der Waals surface area contributed by atoms with Crippen molar-refractivity contribution in [2.24, 2.45) is 0 Å². The average molecular weight is 189 g/mol. The quantitative estimate of drug-likeness (QED) is 0.502. The Bertz CT molecular complexity index is 255. The largest absolute Gasteiger partial charge is 0.507 e. The van der Waals surface area contributed by atoms with Crippen LogP contribution < -0.4 is 0 Å². The number of carbonyl (C=O) groups is 1. The van der Waals surface area contributed by atoms with Crippen molar-refractivity contribution >= 4 is 17.6 Å². The molecule has 0 heterocycles. The van der Waals surface area contributed by atoms with Crippen LogP contribution in [-0.4, -0.2) is 23.6 Å². The van der Waals surface area contributed by atoms with E-state index in [4.69, 9.17) is 11.6 Å². The fourth-order valence-corrected chi connectivity index (χ4v) is 1.17. The number of aliphatic hydroxyl groups excluding tert-OH is 1. The number of methoxy groups -OCH3 is 1. The van der Waals surface area contributed by atoms with Crippen LogP contribution in [0.2, 0.25) is 0 Å². The van der Waals surface area contributed by atoms with E-state index in [0.29, 0.717) is 6.42 Å². The molecule has 0 spiro atoms. The van der Waals surface area contributed by atoms with Crippen molar-refractivity contribution in [2.45, 2.75) is 11.8 Å². The first-order chi connectivity index (χ1) is 5.65. The zero-order chi connectivity index (χ0) is 9.14. The molecule has 1 N–H and O–H groups in total. The highest BCUT2D eigenvalue weighted by atomic mass is 35.5. The van der Waals surface area contributed by atoms with E-state index in [2.05, 4.69) is 4.74 Å². The number of ether oxygens (including phenoxy) is 1. The predicted molar refractivity (Wildman–Crippen MR) is 45.1 cm³/mol. The third-order valence-electron chi connectivity index (χ3n) is 1.57. The van der Waals surface area contributed by atoms with Crippen molar-refractivity contribution in [1.29, 1.82) is 0 Å². The van der Waals surface area contributed by atoms with Crippen molar-refractivity contribution in [3.8, 4) is 0 Å². The molecule has 0 bridgehead atoms. The molecule has 1 aliphatic rings. The second-order valence-electron chi connectivity index (χ2n) is 2.41. The van der Waals surface area contributed by atoms with Crippen LogP contribution in [0.5, 0.6) is 0 Å². The van der Waals surface area contributed by atoms with Gasteiger partial charge in [-0.2, -0.15) is 0 Å². The number of halogens is 1. The number of hydrogen-bond acceptors (Lipinski definition) is 3. The van der Waals surface area contributed by atoms with Gasteiger partial charge in [-0.1, -0.05) is 0 Å². The molecule has 0 amide bonds. The van der Waals surface area contributed by atoms with Gasteiger partial charge in [-0.15, -0.1) is 11.6 Å². The van der Waals surface area contributed by atoms with Crippen LogP contribution >= 0.6 is 11.6 Å². The monoisotopic (exact) mass is 188 g/mol. The van der Waals surface area contributed by atoms with Crippen molar-refractivity contribution < 1.29 is 14.6 Å². The van der Waals surface area contributed by atoms with Crippen LogP contribution in [0.3, 0.4) is 0 Å². The first-order valence-electron chi connectivity index (χ1n) is 3.49. The van der Waals surface area contributed by atoms with Crippen LogP contribution in [0.4, 0.5) is 0 Å². The Hall–Kier alpha value is -0.960. The number of hydrogen-bond donors (Lipinski definition) is 1. The molecular weight excluding hydrogens is 180 g/mol. The maximum Gasteiger partial charge on any atom is 0.341 e. The topological polar surface area (TPSA) is 46.5 Å². The summed E-state index contributed by atoms with van der Waals surface area (Å²) in [6, 6.07) is 0. The lowest BCUT2D eigenvalue weighted by atomic mass is 10.1. The van der Waals surface area contributed by atoms with E-state index >= 15 is 0 Å². The summed E-state index contributed by atoms with van der Waals surface area (Å²) in [7, 11) is 1.26. The maximum absolute atomic E-state index is 11.0. The fourth-order valence-electron chi connectivity index (χ4n) is 0.951. The number of esters is 1. The standard InChI is InChI=1S/C8H9ClO3/c1-12-8(11)6-4-5(9)2-3-7(6)10/h3-5,10H,2H2,1H3. The second-order valence-corrected chi connectivity index (χ2v) is 2.97. The van der Waals surface area contributed by atoms with Gasteiger partial charge in [0.25, 0.3) is 0 Å². The van der Waals surface area contributed by atoms with Crippen molar-refractivity contribution in [1.82, 2.24) is 0 Å². The van der Waals surface area contributed by atoms with Gasteiger partial charge in [0.2, 0.25) is 0 Å². The number of aliphatic hydroxyl groups is 1. The second kappa shape index (κ2) is 3.63. The SMILES string of the molecule is COC(=O)C1=CC(Cl)CC=C1O. The molecule has 12 heavy (non-hydrogen) atoms. The van der Waals surface area contributed by atoms with E-state index in [1.807, 2.05) is 0 Å². The van der Waals surface area contributed by atoms with Crippen molar-refractivity contribution in [3.05, 3.63) is 23.5 Å². The molecule has 66 valence electrons. The smallest absolute Gasteiger partial charge is 0.341 e. The van der Waals surface area contributed by atoms with Gasteiger partial charge in [0, 0.05) is 0 Å².